The van der Waals surface area contributed by atoms with E-state index in [0.717, 1.165) is 28.2 Å². The highest BCUT2D eigenvalue weighted by Crippen LogP contribution is 2.32. The number of hydrogen-bond acceptors (Lipinski definition) is 6. The monoisotopic (exact) mass is 372 g/mol. The summed E-state index contributed by atoms with van der Waals surface area (Å²) >= 11 is 0. The Morgan fingerprint density at radius 1 is 1.08 bits per heavy atom. The van der Waals surface area contributed by atoms with Gasteiger partial charge in [-0.15, -0.1) is 0 Å². The molecule has 10 heteroatoms. The molecule has 0 bridgehead atoms. The molecule has 1 spiro atoms. The van der Waals surface area contributed by atoms with Crippen molar-refractivity contribution in [3.05, 3.63) is 27.0 Å². The van der Waals surface area contributed by atoms with Crippen molar-refractivity contribution in [3.8, 4) is 0 Å². The number of rotatable bonds is 2. The van der Waals surface area contributed by atoms with Gasteiger partial charge in [0, 0.05) is 58.7 Å². The van der Waals surface area contributed by atoms with E-state index < -0.39 is 21.3 Å². The number of nitrogens with zero attached hydrogens (tertiary/aromatic N) is 4. The van der Waals surface area contributed by atoms with Gasteiger partial charge in [0.2, 0.25) is 10.0 Å². The number of ether oxygens (including phenoxy) is 1. The highest BCUT2D eigenvalue weighted by molar-refractivity contribution is 7.89. The summed E-state index contributed by atoms with van der Waals surface area (Å²) in [5.74, 6) is 0. The topological polar surface area (TPSA) is 93.9 Å². The first kappa shape index (κ1) is 18.3. The Bertz CT molecular complexity index is 882. The van der Waals surface area contributed by atoms with E-state index in [1.165, 1.54) is 18.4 Å². The Labute approximate surface area is 146 Å². The highest BCUT2D eigenvalue weighted by Gasteiger charge is 2.45. The quantitative estimate of drug-likeness (QED) is 0.632. The van der Waals surface area contributed by atoms with Gasteiger partial charge >= 0.3 is 5.69 Å². The smallest absolute Gasteiger partial charge is 0.330 e. The average Bonchev–Trinajstić information content (AvgIpc) is 2.59. The molecule has 140 valence electrons. The van der Waals surface area contributed by atoms with Crippen LogP contribution in [0.25, 0.3) is 0 Å². The summed E-state index contributed by atoms with van der Waals surface area (Å²) in [5, 5.41) is 0. The van der Waals surface area contributed by atoms with Gasteiger partial charge in [-0.05, 0) is 19.9 Å². The Balaban J connectivity index is 2.01. The zero-order valence-electron chi connectivity index (χ0n) is 14.8. The second-order valence-corrected chi connectivity index (χ2v) is 8.75. The van der Waals surface area contributed by atoms with Crippen LogP contribution < -0.4 is 11.2 Å². The maximum Gasteiger partial charge on any atom is 0.330 e. The van der Waals surface area contributed by atoms with Crippen LogP contribution in [0.15, 0.2) is 20.7 Å². The average molecular weight is 372 g/mol. The summed E-state index contributed by atoms with van der Waals surface area (Å²) in [6, 6.07) is 0. The molecule has 0 amide bonds. The summed E-state index contributed by atoms with van der Waals surface area (Å²) in [6.07, 6.45) is 2.62. The normalized spacial score (nSPS) is 22.4. The first-order chi connectivity index (χ1) is 11.7. The first-order valence-corrected chi connectivity index (χ1v) is 9.69. The van der Waals surface area contributed by atoms with Crippen LogP contribution in [-0.2, 0) is 28.9 Å². The standard InChI is InChI=1S/C15H24N4O5S/c1-16-10-12(13(20)18(3)14(16)21)25(22,23)19-7-6-17(2)15(11-19)4-8-24-9-5-15/h10H,4-9,11H2,1-3H3. The van der Waals surface area contributed by atoms with Crippen molar-refractivity contribution in [2.75, 3.05) is 39.9 Å². The zero-order chi connectivity index (χ0) is 18.4. The fourth-order valence-electron chi connectivity index (χ4n) is 3.61. The van der Waals surface area contributed by atoms with E-state index in [9.17, 15) is 18.0 Å². The molecule has 9 nitrogen and oxygen atoms in total. The second kappa shape index (κ2) is 6.35. The summed E-state index contributed by atoms with van der Waals surface area (Å²) in [7, 11) is 0.741. The maximum absolute atomic E-state index is 13.1. The Morgan fingerprint density at radius 2 is 1.72 bits per heavy atom. The van der Waals surface area contributed by atoms with Gasteiger partial charge in [-0.25, -0.2) is 13.2 Å². The van der Waals surface area contributed by atoms with E-state index in [0.29, 0.717) is 32.8 Å². The Morgan fingerprint density at radius 3 is 2.36 bits per heavy atom. The van der Waals surface area contributed by atoms with Crippen LogP contribution in [0.3, 0.4) is 0 Å². The molecule has 2 saturated heterocycles. The predicted octanol–water partition coefficient (Wildman–Crippen LogP) is -1.43. The minimum absolute atomic E-state index is 0.268. The number of likely N-dealkylation sites (N-methyl/N-ethyl adjacent to an activating group) is 1. The molecule has 0 unspecified atom stereocenters. The molecule has 2 aliphatic heterocycles. The summed E-state index contributed by atoms with van der Waals surface area (Å²) in [5.41, 5.74) is -1.61. The van der Waals surface area contributed by atoms with Crippen molar-refractivity contribution in [2.24, 2.45) is 14.1 Å². The van der Waals surface area contributed by atoms with E-state index in [-0.39, 0.29) is 10.4 Å². The minimum Gasteiger partial charge on any atom is -0.381 e. The van der Waals surface area contributed by atoms with E-state index in [1.54, 1.807) is 0 Å². The lowest BCUT2D eigenvalue weighted by Gasteiger charge is -2.50. The van der Waals surface area contributed by atoms with Crippen LogP contribution in [0.1, 0.15) is 12.8 Å². The van der Waals surface area contributed by atoms with Gasteiger partial charge in [-0.2, -0.15) is 4.31 Å². The van der Waals surface area contributed by atoms with Crippen LogP contribution in [0.5, 0.6) is 0 Å². The van der Waals surface area contributed by atoms with Crippen LogP contribution in [-0.4, -0.2) is 72.2 Å². The summed E-state index contributed by atoms with van der Waals surface area (Å²) in [6.45, 7) is 2.42. The van der Waals surface area contributed by atoms with Gasteiger partial charge in [0.25, 0.3) is 5.56 Å². The molecule has 3 rings (SSSR count). The van der Waals surface area contributed by atoms with E-state index in [1.807, 2.05) is 7.05 Å². The number of sulfonamides is 1. The van der Waals surface area contributed by atoms with Gasteiger partial charge < -0.3 is 9.30 Å². The van der Waals surface area contributed by atoms with Crippen molar-refractivity contribution < 1.29 is 13.2 Å². The van der Waals surface area contributed by atoms with Crippen molar-refractivity contribution in [2.45, 2.75) is 23.3 Å². The third-order valence-electron chi connectivity index (χ3n) is 5.42. The van der Waals surface area contributed by atoms with Crippen molar-refractivity contribution in [1.29, 1.82) is 0 Å². The van der Waals surface area contributed by atoms with Crippen LogP contribution in [0.2, 0.25) is 0 Å². The Kier molecular flexibility index (Phi) is 4.65. The largest absolute Gasteiger partial charge is 0.381 e. The third kappa shape index (κ3) is 2.97. The van der Waals surface area contributed by atoms with Gasteiger partial charge in [0.15, 0.2) is 4.90 Å². The fraction of sp³-hybridized carbons (Fsp3) is 0.733. The van der Waals surface area contributed by atoms with Crippen molar-refractivity contribution >= 4 is 10.0 Å². The van der Waals surface area contributed by atoms with Gasteiger partial charge in [0.1, 0.15) is 0 Å². The lowest BCUT2D eigenvalue weighted by molar-refractivity contribution is -0.0445. The predicted molar refractivity (Wildman–Crippen MR) is 91.1 cm³/mol. The molecule has 2 fully saturated rings. The van der Waals surface area contributed by atoms with Gasteiger partial charge in [-0.3, -0.25) is 14.3 Å². The summed E-state index contributed by atoms with van der Waals surface area (Å²) in [4.78, 5) is 26.0. The SMILES string of the molecule is CN1CCN(S(=O)(=O)c2cn(C)c(=O)n(C)c2=O)CC12CCOCC2. The van der Waals surface area contributed by atoms with Crippen molar-refractivity contribution in [3.63, 3.8) is 0 Å². The third-order valence-corrected chi connectivity index (χ3v) is 7.25. The first-order valence-electron chi connectivity index (χ1n) is 8.25. The second-order valence-electron chi connectivity index (χ2n) is 6.85. The van der Waals surface area contributed by atoms with Crippen LogP contribution in [0, 0.1) is 0 Å². The fourth-order valence-corrected chi connectivity index (χ4v) is 5.27. The van der Waals surface area contributed by atoms with E-state index >= 15 is 0 Å². The molecule has 1 aromatic heterocycles. The number of piperazine rings is 1. The molecule has 25 heavy (non-hydrogen) atoms. The van der Waals surface area contributed by atoms with Gasteiger partial charge in [-0.1, -0.05) is 0 Å². The molecule has 0 saturated carbocycles. The maximum atomic E-state index is 13.1. The molecule has 3 heterocycles. The number of aryl methyl sites for hydroxylation is 1. The van der Waals surface area contributed by atoms with Crippen LogP contribution in [0.4, 0.5) is 0 Å². The molecular formula is C15H24N4O5S. The zero-order valence-corrected chi connectivity index (χ0v) is 15.6. The molecule has 0 N–H and O–H groups in total. The van der Waals surface area contributed by atoms with E-state index in [2.05, 4.69) is 4.90 Å². The molecule has 0 aliphatic carbocycles. The molecular weight excluding hydrogens is 348 g/mol. The summed E-state index contributed by atoms with van der Waals surface area (Å²) < 4.78 is 35.0. The molecule has 0 radical (unpaired) electrons. The minimum atomic E-state index is -3.98. The Hall–Kier alpha value is -1.49. The highest BCUT2D eigenvalue weighted by atomic mass is 32.2. The molecule has 1 aromatic rings. The van der Waals surface area contributed by atoms with Crippen molar-refractivity contribution in [1.82, 2.24) is 18.3 Å². The number of aromatic nitrogens is 2. The van der Waals surface area contributed by atoms with Gasteiger partial charge in [0.05, 0.1) is 0 Å². The van der Waals surface area contributed by atoms with Crippen LogP contribution >= 0.6 is 0 Å². The molecule has 0 aromatic carbocycles. The van der Waals surface area contributed by atoms with E-state index in [4.69, 9.17) is 4.74 Å². The molecule has 2 aliphatic rings. The number of hydrogen-bond donors (Lipinski definition) is 0. The molecule has 0 atom stereocenters. The lowest BCUT2D eigenvalue weighted by atomic mass is 9.87. The lowest BCUT2D eigenvalue weighted by Crippen LogP contribution is -2.63.